The maximum Gasteiger partial charge on any atom is 0.242 e. The van der Waals surface area contributed by atoms with Crippen molar-refractivity contribution in [2.75, 3.05) is 12.4 Å². The third-order valence-electron chi connectivity index (χ3n) is 1.06. The van der Waals surface area contributed by atoms with Gasteiger partial charge in [0.05, 0.1) is 0 Å². The lowest BCUT2D eigenvalue weighted by molar-refractivity contribution is 0.631. The number of hydrogen-bond donors (Lipinski definition) is 1. The fourth-order valence-electron chi connectivity index (χ4n) is 0.597. The Morgan fingerprint density at radius 3 is 2.89 bits per heavy atom. The maximum absolute atomic E-state index is 3.70. The maximum atomic E-state index is 3.70. The van der Waals surface area contributed by atoms with Gasteiger partial charge in [-0.3, -0.25) is 0 Å². The minimum Gasteiger partial charge on any atom is -0.356 e. The van der Waals surface area contributed by atoms with E-state index >= 15 is 0 Å². The van der Waals surface area contributed by atoms with E-state index in [9.17, 15) is 0 Å². The highest BCUT2D eigenvalue weighted by Crippen LogP contribution is 1.94. The largest absolute Gasteiger partial charge is 0.356 e. The van der Waals surface area contributed by atoms with Crippen molar-refractivity contribution in [2.45, 2.75) is 13.5 Å². The second-order valence-electron chi connectivity index (χ2n) is 1.57. The summed E-state index contributed by atoms with van der Waals surface area (Å²) in [7, 11) is 1.79. The van der Waals surface area contributed by atoms with Gasteiger partial charge in [0.2, 0.25) is 5.95 Å². The predicted molar refractivity (Wildman–Crippen MR) is 33.0 cm³/mol. The minimum atomic E-state index is 0.706. The standard InChI is InChI=1S/C4H9N5/c1-3-9-4(5-2)6-7-8-9/h3H2,1-2H3,(H,5,6,8). The normalized spacial score (nSPS) is 9.56. The van der Waals surface area contributed by atoms with Gasteiger partial charge in [-0.1, -0.05) is 5.10 Å². The van der Waals surface area contributed by atoms with E-state index in [4.69, 9.17) is 0 Å². The molecule has 0 bridgehead atoms. The molecule has 0 spiro atoms. The van der Waals surface area contributed by atoms with Crippen molar-refractivity contribution < 1.29 is 0 Å². The Balaban J connectivity index is 2.85. The minimum absolute atomic E-state index is 0.706. The summed E-state index contributed by atoms with van der Waals surface area (Å²) in [5, 5.41) is 13.7. The number of tetrazole rings is 1. The zero-order valence-corrected chi connectivity index (χ0v) is 5.50. The van der Waals surface area contributed by atoms with E-state index in [1.807, 2.05) is 6.92 Å². The first-order chi connectivity index (χ1) is 4.38. The van der Waals surface area contributed by atoms with Gasteiger partial charge in [0.1, 0.15) is 0 Å². The third-order valence-corrected chi connectivity index (χ3v) is 1.06. The number of rotatable bonds is 2. The molecule has 0 unspecified atom stereocenters. The molecule has 50 valence electrons. The lowest BCUT2D eigenvalue weighted by Crippen LogP contribution is -2.02. The summed E-state index contributed by atoms with van der Waals surface area (Å²) in [5.74, 6) is 0.706. The fourth-order valence-corrected chi connectivity index (χ4v) is 0.597. The molecule has 0 aliphatic rings. The van der Waals surface area contributed by atoms with Gasteiger partial charge in [-0.2, -0.15) is 0 Å². The Hall–Kier alpha value is -1.13. The second-order valence-corrected chi connectivity index (χ2v) is 1.57. The van der Waals surface area contributed by atoms with Gasteiger partial charge in [0.25, 0.3) is 0 Å². The monoisotopic (exact) mass is 127 g/mol. The van der Waals surface area contributed by atoms with Crippen molar-refractivity contribution in [3.63, 3.8) is 0 Å². The number of aryl methyl sites for hydroxylation is 1. The molecular formula is C4H9N5. The van der Waals surface area contributed by atoms with Crippen molar-refractivity contribution in [2.24, 2.45) is 0 Å². The molecular weight excluding hydrogens is 118 g/mol. The van der Waals surface area contributed by atoms with Crippen molar-refractivity contribution in [3.05, 3.63) is 0 Å². The number of nitrogens with zero attached hydrogens (tertiary/aromatic N) is 4. The van der Waals surface area contributed by atoms with Crippen LogP contribution in [0.15, 0.2) is 0 Å². The molecule has 0 aromatic carbocycles. The first-order valence-corrected chi connectivity index (χ1v) is 2.82. The van der Waals surface area contributed by atoms with Crippen LogP contribution in [0.2, 0.25) is 0 Å². The average Bonchev–Trinajstić information content (AvgIpc) is 2.33. The number of hydrogen-bond acceptors (Lipinski definition) is 4. The second kappa shape index (κ2) is 2.43. The zero-order chi connectivity index (χ0) is 6.69. The summed E-state index contributed by atoms with van der Waals surface area (Å²) in [6.07, 6.45) is 0. The van der Waals surface area contributed by atoms with Gasteiger partial charge >= 0.3 is 0 Å². The molecule has 0 atom stereocenters. The van der Waals surface area contributed by atoms with Gasteiger partial charge in [-0.25, -0.2) is 4.68 Å². The molecule has 1 aromatic heterocycles. The summed E-state index contributed by atoms with van der Waals surface area (Å²) in [6, 6.07) is 0. The molecule has 1 rings (SSSR count). The van der Waals surface area contributed by atoms with E-state index in [1.165, 1.54) is 0 Å². The molecule has 5 heteroatoms. The van der Waals surface area contributed by atoms with E-state index in [1.54, 1.807) is 11.7 Å². The van der Waals surface area contributed by atoms with Gasteiger partial charge in [0, 0.05) is 13.6 Å². The third kappa shape index (κ3) is 0.984. The van der Waals surface area contributed by atoms with Crippen molar-refractivity contribution in [3.8, 4) is 0 Å². The molecule has 5 nitrogen and oxygen atoms in total. The molecule has 0 amide bonds. The van der Waals surface area contributed by atoms with Crippen LogP contribution in [0.1, 0.15) is 6.92 Å². The molecule has 0 fully saturated rings. The van der Waals surface area contributed by atoms with E-state index in [2.05, 4.69) is 20.8 Å². The first kappa shape index (κ1) is 6.00. The average molecular weight is 127 g/mol. The van der Waals surface area contributed by atoms with Gasteiger partial charge in [-0.15, -0.1) is 0 Å². The van der Waals surface area contributed by atoms with Crippen LogP contribution in [0.4, 0.5) is 5.95 Å². The van der Waals surface area contributed by atoms with Crippen LogP contribution in [0, 0.1) is 0 Å². The summed E-state index contributed by atoms with van der Waals surface area (Å²) in [6.45, 7) is 2.78. The van der Waals surface area contributed by atoms with Crippen LogP contribution in [-0.4, -0.2) is 27.3 Å². The lowest BCUT2D eigenvalue weighted by atomic mass is 10.7. The van der Waals surface area contributed by atoms with Crippen LogP contribution in [0.25, 0.3) is 0 Å². The fraction of sp³-hybridized carbons (Fsp3) is 0.750. The molecule has 0 saturated carbocycles. The Morgan fingerprint density at radius 2 is 2.44 bits per heavy atom. The Morgan fingerprint density at radius 1 is 1.67 bits per heavy atom. The van der Waals surface area contributed by atoms with Crippen molar-refractivity contribution in [1.82, 2.24) is 20.2 Å². The van der Waals surface area contributed by atoms with E-state index in [-0.39, 0.29) is 0 Å². The van der Waals surface area contributed by atoms with Crippen molar-refractivity contribution >= 4 is 5.95 Å². The smallest absolute Gasteiger partial charge is 0.242 e. The summed E-state index contributed by atoms with van der Waals surface area (Å²) in [5.41, 5.74) is 0. The van der Waals surface area contributed by atoms with Crippen LogP contribution in [0.5, 0.6) is 0 Å². The predicted octanol–water partition coefficient (Wildman–Crippen LogP) is -0.265. The van der Waals surface area contributed by atoms with Crippen LogP contribution >= 0.6 is 0 Å². The number of anilines is 1. The molecule has 0 aliphatic heterocycles. The summed E-state index contributed by atoms with van der Waals surface area (Å²) in [4.78, 5) is 0. The van der Waals surface area contributed by atoms with Gasteiger partial charge in [0.15, 0.2) is 0 Å². The van der Waals surface area contributed by atoms with Crippen LogP contribution in [0.3, 0.4) is 0 Å². The van der Waals surface area contributed by atoms with E-state index in [0.717, 1.165) is 6.54 Å². The van der Waals surface area contributed by atoms with E-state index < -0.39 is 0 Å². The Bertz CT molecular complexity index is 162. The zero-order valence-electron chi connectivity index (χ0n) is 5.50. The molecule has 0 saturated heterocycles. The Labute approximate surface area is 53.1 Å². The highest BCUT2D eigenvalue weighted by atomic mass is 15.6. The Kier molecular flexibility index (Phi) is 1.62. The number of aromatic nitrogens is 4. The SMILES string of the molecule is CCn1nnnc1NC. The van der Waals surface area contributed by atoms with E-state index in [0.29, 0.717) is 5.95 Å². The van der Waals surface area contributed by atoms with Gasteiger partial charge in [-0.05, 0) is 17.4 Å². The van der Waals surface area contributed by atoms with Gasteiger partial charge < -0.3 is 5.32 Å². The van der Waals surface area contributed by atoms with Crippen molar-refractivity contribution in [1.29, 1.82) is 0 Å². The van der Waals surface area contributed by atoms with Crippen LogP contribution in [-0.2, 0) is 6.54 Å². The molecule has 0 aliphatic carbocycles. The quantitative estimate of drug-likeness (QED) is 0.594. The molecule has 1 heterocycles. The first-order valence-electron chi connectivity index (χ1n) is 2.82. The summed E-state index contributed by atoms with van der Waals surface area (Å²) >= 11 is 0. The lowest BCUT2D eigenvalue weighted by Gasteiger charge is -1.96. The highest BCUT2D eigenvalue weighted by Gasteiger charge is 1.97. The number of nitrogens with one attached hydrogen (secondary N) is 1. The topological polar surface area (TPSA) is 55.6 Å². The molecule has 1 aromatic rings. The summed E-state index contributed by atoms with van der Waals surface area (Å²) < 4.78 is 1.68. The van der Waals surface area contributed by atoms with Crippen LogP contribution < -0.4 is 5.32 Å². The molecule has 1 N–H and O–H groups in total. The molecule has 9 heavy (non-hydrogen) atoms. The molecule has 0 radical (unpaired) electrons. The highest BCUT2D eigenvalue weighted by molar-refractivity contribution is 5.18.